The molecule has 1 aliphatic rings. The predicted molar refractivity (Wildman–Crippen MR) is 78.5 cm³/mol. The molecule has 1 rings (SSSR count). The van der Waals surface area contributed by atoms with Gasteiger partial charge < -0.3 is 19.7 Å². The fourth-order valence-corrected chi connectivity index (χ4v) is 2.47. The molecule has 1 heterocycles. The van der Waals surface area contributed by atoms with E-state index in [0.29, 0.717) is 6.54 Å². The summed E-state index contributed by atoms with van der Waals surface area (Å²) in [6.07, 6.45) is 9.78. The Morgan fingerprint density at radius 2 is 1.74 bits per heavy atom. The zero-order valence-corrected chi connectivity index (χ0v) is 12.2. The molecule has 1 saturated heterocycles. The largest absolute Gasteiger partial charge is 0.381 e. The number of carbonyl (C=O) groups is 1. The number of aldehydes is 1. The minimum atomic E-state index is 0.469. The average molecular weight is 270 g/mol. The van der Waals surface area contributed by atoms with E-state index in [1.807, 2.05) is 0 Å². The summed E-state index contributed by atoms with van der Waals surface area (Å²) in [4.78, 5) is 12.7. The zero-order chi connectivity index (χ0) is 13.6. The molecule has 0 unspecified atom stereocenters. The van der Waals surface area contributed by atoms with Crippen LogP contribution in [0.25, 0.3) is 0 Å². The Morgan fingerprint density at radius 1 is 1.00 bits per heavy atom. The summed E-state index contributed by atoms with van der Waals surface area (Å²) in [5.74, 6) is 0. The fraction of sp³-hybridized carbons (Fsp3) is 0.933. The van der Waals surface area contributed by atoms with Crippen LogP contribution in [0.3, 0.4) is 0 Å². The van der Waals surface area contributed by atoms with Crippen LogP contribution in [0, 0.1) is 0 Å². The third-order valence-electron chi connectivity index (χ3n) is 3.58. The molecule has 1 fully saturated rings. The molecule has 0 bridgehead atoms. The Bertz CT molecular complexity index is 204. The van der Waals surface area contributed by atoms with Crippen molar-refractivity contribution in [3.8, 4) is 0 Å². The highest BCUT2D eigenvalue weighted by Crippen LogP contribution is 2.09. The molecular weight excluding hydrogens is 240 g/mol. The highest BCUT2D eigenvalue weighted by atomic mass is 16.5. The first-order valence-corrected chi connectivity index (χ1v) is 7.88. The maximum absolute atomic E-state index is 10.1. The minimum absolute atomic E-state index is 0.469. The van der Waals surface area contributed by atoms with E-state index in [9.17, 15) is 4.79 Å². The summed E-state index contributed by atoms with van der Waals surface area (Å²) < 4.78 is 5.64. The van der Waals surface area contributed by atoms with E-state index in [4.69, 9.17) is 4.74 Å². The monoisotopic (exact) mass is 270 g/mol. The van der Waals surface area contributed by atoms with Crippen LogP contribution in [0.15, 0.2) is 0 Å². The van der Waals surface area contributed by atoms with Crippen molar-refractivity contribution in [1.29, 1.82) is 0 Å². The molecule has 0 saturated carbocycles. The number of nitrogens with one attached hydrogen (secondary N) is 1. The molecule has 4 heteroatoms. The molecular formula is C15H30N2O2. The van der Waals surface area contributed by atoms with Crippen LogP contribution in [-0.2, 0) is 9.53 Å². The zero-order valence-electron chi connectivity index (χ0n) is 12.2. The first kappa shape index (κ1) is 16.6. The lowest BCUT2D eigenvalue weighted by atomic mass is 10.2. The van der Waals surface area contributed by atoms with E-state index in [-0.39, 0.29) is 0 Å². The first-order chi connectivity index (χ1) is 9.43. The van der Waals surface area contributed by atoms with E-state index >= 15 is 0 Å². The standard InChI is InChI=1S/C15H30N2O2/c18-13-9-16-8-3-6-14-19-15-7-12-17-10-4-1-2-5-11-17/h13,16H,1-12,14-15H2. The lowest BCUT2D eigenvalue weighted by Crippen LogP contribution is -2.26. The number of carbonyl (C=O) groups excluding carboxylic acids is 1. The Morgan fingerprint density at radius 3 is 2.47 bits per heavy atom. The van der Waals surface area contributed by atoms with Crippen LogP contribution in [-0.4, -0.2) is 57.1 Å². The fourth-order valence-electron chi connectivity index (χ4n) is 2.47. The van der Waals surface area contributed by atoms with Crippen LogP contribution >= 0.6 is 0 Å². The van der Waals surface area contributed by atoms with Gasteiger partial charge in [0.2, 0.25) is 0 Å². The van der Waals surface area contributed by atoms with Gasteiger partial charge in [-0.1, -0.05) is 12.8 Å². The molecule has 0 aromatic heterocycles. The molecule has 4 nitrogen and oxygen atoms in total. The van der Waals surface area contributed by atoms with Gasteiger partial charge in [-0.3, -0.25) is 0 Å². The van der Waals surface area contributed by atoms with Gasteiger partial charge in [0.1, 0.15) is 6.29 Å². The van der Waals surface area contributed by atoms with Gasteiger partial charge >= 0.3 is 0 Å². The highest BCUT2D eigenvalue weighted by Gasteiger charge is 2.07. The van der Waals surface area contributed by atoms with Crippen molar-refractivity contribution in [3.63, 3.8) is 0 Å². The first-order valence-electron chi connectivity index (χ1n) is 7.88. The maximum Gasteiger partial charge on any atom is 0.133 e. The van der Waals surface area contributed by atoms with Crippen molar-refractivity contribution in [2.24, 2.45) is 0 Å². The molecule has 1 N–H and O–H groups in total. The van der Waals surface area contributed by atoms with Crippen molar-refractivity contribution >= 4 is 6.29 Å². The Labute approximate surface area is 117 Å². The second-order valence-electron chi connectivity index (χ2n) is 5.30. The van der Waals surface area contributed by atoms with Crippen LogP contribution in [0.5, 0.6) is 0 Å². The van der Waals surface area contributed by atoms with E-state index in [1.54, 1.807) is 0 Å². The maximum atomic E-state index is 10.1. The molecule has 0 amide bonds. The number of ether oxygens (including phenoxy) is 1. The van der Waals surface area contributed by atoms with Gasteiger partial charge in [-0.15, -0.1) is 0 Å². The van der Waals surface area contributed by atoms with Gasteiger partial charge in [-0.2, -0.15) is 0 Å². The lowest BCUT2D eigenvalue weighted by Gasteiger charge is -2.19. The van der Waals surface area contributed by atoms with Crippen LogP contribution < -0.4 is 5.32 Å². The van der Waals surface area contributed by atoms with E-state index < -0.39 is 0 Å². The highest BCUT2D eigenvalue weighted by molar-refractivity contribution is 5.51. The van der Waals surface area contributed by atoms with Gasteiger partial charge in [0.25, 0.3) is 0 Å². The molecule has 0 aromatic carbocycles. The molecule has 0 atom stereocenters. The molecule has 0 spiro atoms. The molecule has 0 radical (unpaired) electrons. The quantitative estimate of drug-likeness (QED) is 0.459. The van der Waals surface area contributed by atoms with E-state index in [1.165, 1.54) is 45.3 Å². The summed E-state index contributed by atoms with van der Waals surface area (Å²) in [7, 11) is 0. The Hall–Kier alpha value is -0.450. The summed E-state index contributed by atoms with van der Waals surface area (Å²) >= 11 is 0. The van der Waals surface area contributed by atoms with Crippen LogP contribution in [0.1, 0.15) is 44.9 Å². The van der Waals surface area contributed by atoms with Crippen molar-refractivity contribution in [2.45, 2.75) is 44.9 Å². The third kappa shape index (κ3) is 10.0. The number of likely N-dealkylation sites (tertiary alicyclic amines) is 1. The van der Waals surface area contributed by atoms with Crippen LogP contribution in [0.2, 0.25) is 0 Å². The summed E-state index contributed by atoms with van der Waals surface area (Å²) in [6.45, 7) is 6.87. The van der Waals surface area contributed by atoms with Crippen molar-refractivity contribution < 1.29 is 9.53 Å². The van der Waals surface area contributed by atoms with Crippen LogP contribution in [0.4, 0.5) is 0 Å². The third-order valence-corrected chi connectivity index (χ3v) is 3.58. The van der Waals surface area contributed by atoms with Gasteiger partial charge in [0.15, 0.2) is 0 Å². The molecule has 1 aliphatic heterocycles. The number of nitrogens with zero attached hydrogens (tertiary/aromatic N) is 1. The van der Waals surface area contributed by atoms with Crippen molar-refractivity contribution in [3.05, 3.63) is 0 Å². The predicted octanol–water partition coefficient (Wildman–Crippen LogP) is 1.84. The van der Waals surface area contributed by atoms with Crippen molar-refractivity contribution in [2.75, 3.05) is 45.9 Å². The second kappa shape index (κ2) is 12.6. The summed E-state index contributed by atoms with van der Waals surface area (Å²) in [5, 5.41) is 3.06. The Balaban J connectivity index is 1.79. The van der Waals surface area contributed by atoms with E-state index in [2.05, 4.69) is 10.2 Å². The van der Waals surface area contributed by atoms with Gasteiger partial charge in [-0.05, 0) is 51.7 Å². The average Bonchev–Trinajstić information content (AvgIpc) is 2.69. The second-order valence-corrected chi connectivity index (χ2v) is 5.30. The molecule has 0 aromatic rings. The van der Waals surface area contributed by atoms with Gasteiger partial charge in [-0.25, -0.2) is 0 Å². The summed E-state index contributed by atoms with van der Waals surface area (Å²) in [5.41, 5.74) is 0. The Kier molecular flexibility index (Phi) is 11.0. The number of hydrogen-bond acceptors (Lipinski definition) is 4. The molecule has 0 aliphatic carbocycles. The smallest absolute Gasteiger partial charge is 0.133 e. The molecule has 112 valence electrons. The van der Waals surface area contributed by atoms with Gasteiger partial charge in [0, 0.05) is 19.8 Å². The lowest BCUT2D eigenvalue weighted by molar-refractivity contribution is -0.107. The van der Waals surface area contributed by atoms with Crippen molar-refractivity contribution in [1.82, 2.24) is 10.2 Å². The summed E-state index contributed by atoms with van der Waals surface area (Å²) in [6, 6.07) is 0. The number of rotatable bonds is 11. The topological polar surface area (TPSA) is 41.6 Å². The SMILES string of the molecule is O=CCNCCCCOCCCN1CCCCCC1. The minimum Gasteiger partial charge on any atom is -0.381 e. The number of unbranched alkanes of at least 4 members (excludes halogenated alkanes) is 1. The molecule has 19 heavy (non-hydrogen) atoms. The number of hydrogen-bond donors (Lipinski definition) is 1. The normalized spacial score (nSPS) is 17.3. The van der Waals surface area contributed by atoms with Gasteiger partial charge in [0.05, 0.1) is 6.54 Å². The van der Waals surface area contributed by atoms with E-state index in [0.717, 1.165) is 45.3 Å².